The van der Waals surface area contributed by atoms with Crippen LogP contribution in [-0.2, 0) is 19.7 Å². The van der Waals surface area contributed by atoms with Crippen molar-refractivity contribution in [2.24, 2.45) is 0 Å². The number of ether oxygens (including phenoxy) is 2. The number of carbonyl (C=O) groups is 2. The van der Waals surface area contributed by atoms with Crippen LogP contribution in [-0.4, -0.2) is 36.8 Å². The van der Waals surface area contributed by atoms with Crippen molar-refractivity contribution in [3.63, 3.8) is 0 Å². The van der Waals surface area contributed by atoms with Crippen molar-refractivity contribution in [2.45, 2.75) is 18.3 Å². The predicted octanol–water partition coefficient (Wildman–Crippen LogP) is 3.12. The Morgan fingerprint density at radius 2 is 1.89 bits per heavy atom. The van der Waals surface area contributed by atoms with Crippen LogP contribution in [0.2, 0.25) is 0 Å². The average Bonchev–Trinajstić information content (AvgIpc) is 2.67. The van der Waals surface area contributed by atoms with Gasteiger partial charge in [-0.2, -0.15) is 0 Å². The fraction of sp³-hybridized carbons (Fsp3) is 0.300. The molecule has 1 heterocycles. The van der Waals surface area contributed by atoms with Gasteiger partial charge in [0.1, 0.15) is 17.4 Å². The Hall–Kier alpha value is -3.00. The van der Waals surface area contributed by atoms with E-state index in [0.29, 0.717) is 5.69 Å². The van der Waals surface area contributed by atoms with Gasteiger partial charge < -0.3 is 19.9 Å². The molecule has 0 aliphatic carbocycles. The molecule has 1 amide bonds. The maximum absolute atomic E-state index is 14.5. The molecule has 2 N–H and O–H groups in total. The van der Waals surface area contributed by atoms with Gasteiger partial charge in [0, 0.05) is 36.6 Å². The van der Waals surface area contributed by atoms with Gasteiger partial charge >= 0.3 is 5.97 Å². The van der Waals surface area contributed by atoms with E-state index in [2.05, 4.69) is 5.32 Å². The van der Waals surface area contributed by atoms with E-state index in [1.807, 2.05) is 0 Å². The SMILES string of the molecule is O=C(O)COc1cccc(NC(=O)C2(c3ccc(F)cc3F)CCOCC2)c1. The van der Waals surface area contributed by atoms with E-state index < -0.39 is 35.5 Å². The Bertz CT molecular complexity index is 881. The molecule has 0 atom stereocenters. The normalized spacial score (nSPS) is 15.6. The third-order valence-electron chi connectivity index (χ3n) is 4.68. The van der Waals surface area contributed by atoms with E-state index in [0.717, 1.165) is 12.1 Å². The highest BCUT2D eigenvalue weighted by Gasteiger charge is 2.43. The standard InChI is InChI=1S/C20H19F2NO5/c21-13-4-5-16(17(22)10-13)20(6-8-27-9-7-20)19(26)23-14-2-1-3-15(11-14)28-12-18(24)25/h1-5,10-11H,6-9,12H2,(H,23,26)(H,24,25). The summed E-state index contributed by atoms with van der Waals surface area (Å²) in [6.45, 7) is 0.0253. The third kappa shape index (κ3) is 4.28. The number of carboxylic acid groups (broad SMARTS) is 1. The monoisotopic (exact) mass is 391 g/mol. The summed E-state index contributed by atoms with van der Waals surface area (Å²) in [6.07, 6.45) is 0.493. The van der Waals surface area contributed by atoms with Crippen LogP contribution in [0.5, 0.6) is 5.75 Å². The van der Waals surface area contributed by atoms with Crippen LogP contribution in [0.3, 0.4) is 0 Å². The molecular weight excluding hydrogens is 372 g/mol. The van der Waals surface area contributed by atoms with Gasteiger partial charge in [0.05, 0.1) is 5.41 Å². The van der Waals surface area contributed by atoms with Crippen LogP contribution in [0.1, 0.15) is 18.4 Å². The number of nitrogens with one attached hydrogen (secondary N) is 1. The molecule has 148 valence electrons. The number of hydrogen-bond acceptors (Lipinski definition) is 4. The van der Waals surface area contributed by atoms with Crippen molar-refractivity contribution in [2.75, 3.05) is 25.1 Å². The van der Waals surface area contributed by atoms with E-state index in [1.54, 1.807) is 18.2 Å². The average molecular weight is 391 g/mol. The lowest BCUT2D eigenvalue weighted by Crippen LogP contribution is -2.45. The first-order chi connectivity index (χ1) is 13.4. The quantitative estimate of drug-likeness (QED) is 0.790. The molecule has 8 heteroatoms. The summed E-state index contributed by atoms with van der Waals surface area (Å²) in [6, 6.07) is 9.43. The minimum Gasteiger partial charge on any atom is -0.482 e. The first-order valence-electron chi connectivity index (χ1n) is 8.70. The maximum Gasteiger partial charge on any atom is 0.341 e. The van der Waals surface area contributed by atoms with Crippen LogP contribution >= 0.6 is 0 Å². The topological polar surface area (TPSA) is 84.9 Å². The summed E-state index contributed by atoms with van der Waals surface area (Å²) in [4.78, 5) is 23.8. The first kappa shape index (κ1) is 19.8. The number of carboxylic acids is 1. The molecule has 1 fully saturated rings. The predicted molar refractivity (Wildman–Crippen MR) is 96.3 cm³/mol. The lowest BCUT2D eigenvalue weighted by molar-refractivity contribution is -0.139. The highest BCUT2D eigenvalue weighted by molar-refractivity contribution is 5.99. The molecule has 1 aliphatic rings. The number of anilines is 1. The summed E-state index contributed by atoms with van der Waals surface area (Å²) in [5, 5.41) is 11.4. The Morgan fingerprint density at radius 1 is 1.14 bits per heavy atom. The molecule has 2 aromatic carbocycles. The van der Waals surface area contributed by atoms with E-state index >= 15 is 0 Å². The Kier molecular flexibility index (Phi) is 5.89. The van der Waals surface area contributed by atoms with Gasteiger partial charge in [-0.05, 0) is 31.0 Å². The molecule has 0 bridgehead atoms. The minimum absolute atomic E-state index is 0.119. The lowest BCUT2D eigenvalue weighted by atomic mass is 9.73. The second kappa shape index (κ2) is 8.35. The van der Waals surface area contributed by atoms with Crippen molar-refractivity contribution >= 4 is 17.6 Å². The Labute approximate surface area is 160 Å². The Morgan fingerprint density at radius 3 is 2.57 bits per heavy atom. The molecule has 6 nitrogen and oxygen atoms in total. The Balaban J connectivity index is 1.87. The number of hydrogen-bond donors (Lipinski definition) is 2. The largest absolute Gasteiger partial charge is 0.482 e. The van der Waals surface area contributed by atoms with E-state index in [1.165, 1.54) is 12.1 Å². The zero-order chi connectivity index (χ0) is 20.1. The fourth-order valence-electron chi connectivity index (χ4n) is 3.28. The molecular formula is C20H19F2NO5. The summed E-state index contributed by atoms with van der Waals surface area (Å²) >= 11 is 0. The smallest absolute Gasteiger partial charge is 0.341 e. The van der Waals surface area contributed by atoms with E-state index in [4.69, 9.17) is 14.6 Å². The van der Waals surface area contributed by atoms with Crippen LogP contribution in [0.25, 0.3) is 0 Å². The molecule has 0 saturated carbocycles. The van der Waals surface area contributed by atoms with Gasteiger partial charge in [-0.1, -0.05) is 12.1 Å². The van der Waals surface area contributed by atoms with Gasteiger partial charge in [0.2, 0.25) is 5.91 Å². The number of carbonyl (C=O) groups excluding carboxylic acids is 1. The molecule has 1 aliphatic heterocycles. The number of aliphatic carboxylic acids is 1. The van der Waals surface area contributed by atoms with Crippen molar-refractivity contribution in [1.82, 2.24) is 0 Å². The highest BCUT2D eigenvalue weighted by atomic mass is 19.1. The second-order valence-corrected chi connectivity index (χ2v) is 6.48. The molecule has 0 unspecified atom stereocenters. The number of rotatable bonds is 6. The van der Waals surface area contributed by atoms with Crippen LogP contribution in [0, 0.1) is 11.6 Å². The number of amides is 1. The zero-order valence-corrected chi connectivity index (χ0v) is 14.9. The molecule has 0 spiro atoms. The van der Waals surface area contributed by atoms with Gasteiger partial charge in [-0.15, -0.1) is 0 Å². The minimum atomic E-state index is -1.20. The summed E-state index contributed by atoms with van der Waals surface area (Å²) in [5.74, 6) is -2.80. The number of benzene rings is 2. The maximum atomic E-state index is 14.5. The second-order valence-electron chi connectivity index (χ2n) is 6.48. The zero-order valence-electron chi connectivity index (χ0n) is 14.9. The van der Waals surface area contributed by atoms with Crippen LogP contribution < -0.4 is 10.1 Å². The van der Waals surface area contributed by atoms with Crippen molar-refractivity contribution in [1.29, 1.82) is 0 Å². The van der Waals surface area contributed by atoms with Crippen molar-refractivity contribution in [3.05, 3.63) is 59.7 Å². The lowest BCUT2D eigenvalue weighted by Gasteiger charge is -2.36. The van der Waals surface area contributed by atoms with E-state index in [9.17, 15) is 18.4 Å². The fourth-order valence-corrected chi connectivity index (χ4v) is 3.28. The highest BCUT2D eigenvalue weighted by Crippen LogP contribution is 2.38. The van der Waals surface area contributed by atoms with Gasteiger partial charge in [0.15, 0.2) is 6.61 Å². The summed E-state index contributed by atoms with van der Waals surface area (Å²) in [5.41, 5.74) is -0.706. The molecule has 0 radical (unpaired) electrons. The third-order valence-corrected chi connectivity index (χ3v) is 4.68. The molecule has 2 aromatic rings. The number of halogens is 2. The van der Waals surface area contributed by atoms with Gasteiger partial charge in [-0.3, -0.25) is 4.79 Å². The van der Waals surface area contributed by atoms with Gasteiger partial charge in [0.25, 0.3) is 0 Å². The van der Waals surface area contributed by atoms with Crippen molar-refractivity contribution in [3.8, 4) is 5.75 Å². The van der Waals surface area contributed by atoms with Gasteiger partial charge in [-0.25, -0.2) is 13.6 Å². The van der Waals surface area contributed by atoms with Crippen molar-refractivity contribution < 1.29 is 33.0 Å². The first-order valence-corrected chi connectivity index (χ1v) is 8.70. The molecule has 1 saturated heterocycles. The summed E-state index contributed by atoms with van der Waals surface area (Å²) in [7, 11) is 0. The summed E-state index contributed by atoms with van der Waals surface area (Å²) < 4.78 is 38.3. The van der Waals surface area contributed by atoms with Crippen LogP contribution in [0.15, 0.2) is 42.5 Å². The molecule has 0 aromatic heterocycles. The van der Waals surface area contributed by atoms with Crippen LogP contribution in [0.4, 0.5) is 14.5 Å². The van der Waals surface area contributed by atoms with E-state index in [-0.39, 0.29) is 37.4 Å². The molecule has 3 rings (SSSR count). The molecule has 28 heavy (non-hydrogen) atoms.